The Labute approximate surface area is 131 Å². The molecule has 1 aliphatic heterocycles. The van der Waals surface area contributed by atoms with Gasteiger partial charge in [-0.2, -0.15) is 0 Å². The molecule has 124 valence electrons. The number of hydrogen-bond acceptors (Lipinski definition) is 5. The maximum absolute atomic E-state index is 12.3. The number of sulfonamides is 1. The summed E-state index contributed by atoms with van der Waals surface area (Å²) in [6.07, 6.45) is 2.69. The van der Waals surface area contributed by atoms with Gasteiger partial charge in [-0.1, -0.05) is 0 Å². The first kappa shape index (κ1) is 15.9. The number of aromatic amines is 2. The van der Waals surface area contributed by atoms with Crippen molar-refractivity contribution in [1.29, 1.82) is 0 Å². The highest BCUT2D eigenvalue weighted by atomic mass is 32.2. The average molecular weight is 339 g/mol. The Morgan fingerprint density at radius 2 is 1.91 bits per heavy atom. The Hall–Kier alpha value is -1.97. The lowest BCUT2D eigenvalue weighted by molar-refractivity contribution is 0.105. The van der Waals surface area contributed by atoms with Crippen LogP contribution < -0.4 is 15.8 Å². The Balaban J connectivity index is 1.78. The highest BCUT2D eigenvalue weighted by Gasteiger charge is 2.18. The summed E-state index contributed by atoms with van der Waals surface area (Å²) in [5, 5.41) is 0. The van der Waals surface area contributed by atoms with Gasteiger partial charge in [-0.25, -0.2) is 13.1 Å². The third kappa shape index (κ3) is 3.52. The molecule has 1 atom stereocenters. The molecule has 0 saturated carbocycles. The fourth-order valence-electron chi connectivity index (χ4n) is 2.57. The van der Waals surface area contributed by atoms with E-state index >= 15 is 0 Å². The summed E-state index contributed by atoms with van der Waals surface area (Å²) in [7, 11) is -3.69. The van der Waals surface area contributed by atoms with E-state index in [0.717, 1.165) is 19.4 Å². The van der Waals surface area contributed by atoms with Crippen molar-refractivity contribution in [1.82, 2.24) is 14.7 Å². The summed E-state index contributed by atoms with van der Waals surface area (Å²) in [6.45, 7) is 1.01. The zero-order valence-electron chi connectivity index (χ0n) is 12.3. The standard InChI is InChI=1S/C14H17N3O5S/c18-13-14(19)17-12-8-10(3-4-11(12)16-13)23(20,21)15-6-5-9-2-1-7-22-9/h3-4,8-9,15H,1-2,5-7H2,(H,16,18)(H,17,19)/t9-/m0/s1. The zero-order valence-corrected chi connectivity index (χ0v) is 13.1. The van der Waals surface area contributed by atoms with Crippen LogP contribution in [0.5, 0.6) is 0 Å². The number of rotatable bonds is 5. The number of nitrogens with one attached hydrogen (secondary N) is 3. The van der Waals surface area contributed by atoms with Gasteiger partial charge in [0, 0.05) is 13.2 Å². The van der Waals surface area contributed by atoms with Gasteiger partial charge in [0.05, 0.1) is 22.0 Å². The van der Waals surface area contributed by atoms with Crippen molar-refractivity contribution >= 4 is 21.1 Å². The van der Waals surface area contributed by atoms with Crippen LogP contribution in [-0.2, 0) is 14.8 Å². The van der Waals surface area contributed by atoms with Crippen LogP contribution >= 0.6 is 0 Å². The molecule has 0 radical (unpaired) electrons. The summed E-state index contributed by atoms with van der Waals surface area (Å²) in [5.74, 6) is 0. The smallest absolute Gasteiger partial charge is 0.314 e. The second-order valence-corrected chi connectivity index (χ2v) is 7.20. The van der Waals surface area contributed by atoms with Crippen LogP contribution in [0.25, 0.3) is 11.0 Å². The molecule has 2 heterocycles. The molecule has 1 fully saturated rings. The number of ether oxygens (including phenoxy) is 1. The Morgan fingerprint density at radius 3 is 2.61 bits per heavy atom. The molecule has 3 N–H and O–H groups in total. The van der Waals surface area contributed by atoms with E-state index in [4.69, 9.17) is 4.74 Å². The van der Waals surface area contributed by atoms with Gasteiger partial charge < -0.3 is 14.7 Å². The van der Waals surface area contributed by atoms with Crippen LogP contribution in [-0.4, -0.2) is 37.6 Å². The molecule has 0 spiro atoms. The van der Waals surface area contributed by atoms with Gasteiger partial charge in [0.1, 0.15) is 0 Å². The molecule has 1 aromatic heterocycles. The number of aromatic nitrogens is 2. The fourth-order valence-corrected chi connectivity index (χ4v) is 3.64. The minimum Gasteiger partial charge on any atom is -0.378 e. The Bertz CT molecular complexity index is 925. The molecule has 0 unspecified atom stereocenters. The molecular formula is C14H17N3O5S. The van der Waals surface area contributed by atoms with E-state index in [2.05, 4.69) is 14.7 Å². The highest BCUT2D eigenvalue weighted by molar-refractivity contribution is 7.89. The predicted molar refractivity (Wildman–Crippen MR) is 84.0 cm³/mol. The molecule has 1 aromatic carbocycles. The molecule has 23 heavy (non-hydrogen) atoms. The molecule has 9 heteroatoms. The minimum absolute atomic E-state index is 0.0278. The van der Waals surface area contributed by atoms with Gasteiger partial charge >= 0.3 is 11.1 Å². The zero-order chi connectivity index (χ0) is 16.4. The maximum Gasteiger partial charge on any atom is 0.314 e. The van der Waals surface area contributed by atoms with E-state index in [1.165, 1.54) is 18.2 Å². The molecule has 0 aliphatic carbocycles. The first-order valence-electron chi connectivity index (χ1n) is 7.33. The lowest BCUT2D eigenvalue weighted by Gasteiger charge is -2.11. The van der Waals surface area contributed by atoms with E-state index in [-0.39, 0.29) is 23.1 Å². The van der Waals surface area contributed by atoms with E-state index in [1.54, 1.807) is 0 Å². The largest absolute Gasteiger partial charge is 0.378 e. The minimum atomic E-state index is -3.69. The second kappa shape index (κ2) is 6.26. The summed E-state index contributed by atoms with van der Waals surface area (Å²) in [5.41, 5.74) is -0.967. The third-order valence-electron chi connectivity index (χ3n) is 3.79. The van der Waals surface area contributed by atoms with Crippen molar-refractivity contribution in [3.8, 4) is 0 Å². The Morgan fingerprint density at radius 1 is 1.17 bits per heavy atom. The second-order valence-electron chi connectivity index (χ2n) is 5.44. The molecule has 3 rings (SSSR count). The van der Waals surface area contributed by atoms with Gasteiger partial charge in [-0.05, 0) is 37.5 Å². The summed E-state index contributed by atoms with van der Waals surface area (Å²) in [4.78, 5) is 27.3. The van der Waals surface area contributed by atoms with Crippen LogP contribution in [0.1, 0.15) is 19.3 Å². The topological polar surface area (TPSA) is 121 Å². The normalized spacial score (nSPS) is 18.5. The summed E-state index contributed by atoms with van der Waals surface area (Å²) in [6, 6.07) is 4.15. The van der Waals surface area contributed by atoms with Gasteiger partial charge in [0.2, 0.25) is 10.0 Å². The number of H-pyrrole nitrogens is 2. The van der Waals surface area contributed by atoms with E-state index in [1.807, 2.05) is 0 Å². The molecule has 8 nitrogen and oxygen atoms in total. The van der Waals surface area contributed by atoms with Crippen molar-refractivity contribution in [2.75, 3.05) is 13.2 Å². The lowest BCUT2D eigenvalue weighted by Crippen LogP contribution is -2.29. The first-order chi connectivity index (χ1) is 11.0. The van der Waals surface area contributed by atoms with E-state index in [0.29, 0.717) is 11.9 Å². The SMILES string of the molecule is O=c1[nH]c2ccc(S(=O)(=O)NCC[C@@H]3CCCO3)cc2[nH]c1=O. The van der Waals surface area contributed by atoms with Crippen LogP contribution in [0.2, 0.25) is 0 Å². The predicted octanol–water partition coefficient (Wildman–Crippen LogP) is 0.0638. The highest BCUT2D eigenvalue weighted by Crippen LogP contribution is 2.16. The van der Waals surface area contributed by atoms with Gasteiger partial charge in [-0.15, -0.1) is 0 Å². The van der Waals surface area contributed by atoms with Crippen LogP contribution in [0.4, 0.5) is 0 Å². The number of benzene rings is 1. The molecule has 2 aromatic rings. The van der Waals surface area contributed by atoms with Crippen LogP contribution in [0.3, 0.4) is 0 Å². The van der Waals surface area contributed by atoms with Crippen molar-refractivity contribution in [3.05, 3.63) is 38.9 Å². The fraction of sp³-hybridized carbons (Fsp3) is 0.429. The third-order valence-corrected chi connectivity index (χ3v) is 5.25. The first-order valence-corrected chi connectivity index (χ1v) is 8.82. The number of fused-ring (bicyclic) bond motifs is 1. The van der Waals surface area contributed by atoms with Crippen LogP contribution in [0, 0.1) is 0 Å². The Kier molecular flexibility index (Phi) is 4.33. The van der Waals surface area contributed by atoms with E-state index < -0.39 is 21.1 Å². The molecule has 0 bridgehead atoms. The van der Waals surface area contributed by atoms with Crippen molar-refractivity contribution in [3.63, 3.8) is 0 Å². The molecular weight excluding hydrogens is 322 g/mol. The monoisotopic (exact) mass is 339 g/mol. The molecule has 1 aliphatic rings. The molecule has 1 saturated heterocycles. The van der Waals surface area contributed by atoms with Crippen molar-refractivity contribution in [2.24, 2.45) is 0 Å². The van der Waals surface area contributed by atoms with Crippen molar-refractivity contribution in [2.45, 2.75) is 30.3 Å². The van der Waals surface area contributed by atoms with E-state index in [9.17, 15) is 18.0 Å². The average Bonchev–Trinajstić information content (AvgIpc) is 3.01. The van der Waals surface area contributed by atoms with Crippen LogP contribution in [0.15, 0.2) is 32.7 Å². The van der Waals surface area contributed by atoms with Gasteiger partial charge in [0.15, 0.2) is 0 Å². The number of hydrogen-bond donors (Lipinski definition) is 3. The van der Waals surface area contributed by atoms with Crippen molar-refractivity contribution < 1.29 is 13.2 Å². The summed E-state index contributed by atoms with van der Waals surface area (Å²) >= 11 is 0. The van der Waals surface area contributed by atoms with Gasteiger partial charge in [0.25, 0.3) is 0 Å². The maximum atomic E-state index is 12.3. The molecule has 0 amide bonds. The lowest BCUT2D eigenvalue weighted by atomic mass is 10.2. The summed E-state index contributed by atoms with van der Waals surface area (Å²) < 4.78 is 32.5. The van der Waals surface area contributed by atoms with Gasteiger partial charge in [-0.3, -0.25) is 9.59 Å². The quantitative estimate of drug-likeness (QED) is 0.665.